The van der Waals surface area contributed by atoms with Crippen LogP contribution in [0.1, 0.15) is 36.0 Å². The number of aromatic nitrogens is 1. The van der Waals surface area contributed by atoms with Gasteiger partial charge < -0.3 is 14.1 Å². The molecule has 0 spiro atoms. The van der Waals surface area contributed by atoms with E-state index in [1.807, 2.05) is 29.2 Å². The summed E-state index contributed by atoms with van der Waals surface area (Å²) in [6, 6.07) is 7.80. The zero-order valence-electron chi connectivity index (χ0n) is 13.0. The topological polar surface area (TPSA) is 55.6 Å². The Kier molecular flexibility index (Phi) is 3.87. The van der Waals surface area contributed by atoms with Gasteiger partial charge in [-0.05, 0) is 37.8 Å². The first-order valence-electron chi connectivity index (χ1n) is 8.24. The van der Waals surface area contributed by atoms with Crippen molar-refractivity contribution in [3.8, 4) is 11.3 Å². The van der Waals surface area contributed by atoms with Crippen molar-refractivity contribution in [1.29, 1.82) is 0 Å². The zero-order chi connectivity index (χ0) is 15.6. The van der Waals surface area contributed by atoms with Gasteiger partial charge in [0.15, 0.2) is 12.2 Å². The molecule has 2 aliphatic rings. The highest BCUT2D eigenvalue weighted by Crippen LogP contribution is 2.30. The molecular weight excluding hydrogens is 292 g/mol. The number of hydrogen-bond donors (Lipinski definition) is 0. The van der Waals surface area contributed by atoms with Crippen molar-refractivity contribution in [2.45, 2.75) is 37.8 Å². The number of hydrogen-bond acceptors (Lipinski definition) is 4. The minimum atomic E-state index is 0.108. The van der Waals surface area contributed by atoms with E-state index in [4.69, 9.17) is 9.15 Å². The fourth-order valence-electron chi connectivity index (χ4n) is 3.65. The molecule has 1 aliphatic heterocycles. The van der Waals surface area contributed by atoms with E-state index in [9.17, 15) is 4.79 Å². The molecule has 2 fully saturated rings. The van der Waals surface area contributed by atoms with Gasteiger partial charge in [-0.15, -0.1) is 0 Å². The van der Waals surface area contributed by atoms with E-state index in [2.05, 4.69) is 4.98 Å². The maximum absolute atomic E-state index is 12.9. The van der Waals surface area contributed by atoms with Crippen molar-refractivity contribution >= 4 is 5.91 Å². The predicted molar refractivity (Wildman–Crippen MR) is 85.0 cm³/mol. The van der Waals surface area contributed by atoms with Gasteiger partial charge in [0.25, 0.3) is 5.91 Å². The van der Waals surface area contributed by atoms with E-state index in [0.717, 1.165) is 50.0 Å². The maximum Gasteiger partial charge on any atom is 0.254 e. The molecule has 1 saturated carbocycles. The van der Waals surface area contributed by atoms with Crippen LogP contribution in [-0.4, -0.2) is 41.1 Å². The Hall–Kier alpha value is -2.14. The van der Waals surface area contributed by atoms with Gasteiger partial charge in [-0.2, -0.15) is 0 Å². The van der Waals surface area contributed by atoms with Crippen molar-refractivity contribution in [3.05, 3.63) is 42.4 Å². The van der Waals surface area contributed by atoms with Crippen LogP contribution in [0, 0.1) is 0 Å². The van der Waals surface area contributed by atoms with Crippen molar-refractivity contribution in [2.24, 2.45) is 0 Å². The summed E-state index contributed by atoms with van der Waals surface area (Å²) in [4.78, 5) is 18.9. The highest BCUT2D eigenvalue weighted by Gasteiger charge is 2.37. The molecule has 1 amide bonds. The molecule has 2 aromatic rings. The molecule has 2 heterocycles. The number of amides is 1. The second kappa shape index (κ2) is 6.16. The number of fused-ring (bicyclic) bond motifs is 1. The monoisotopic (exact) mass is 312 g/mol. The Labute approximate surface area is 135 Å². The van der Waals surface area contributed by atoms with E-state index in [-0.39, 0.29) is 18.1 Å². The summed E-state index contributed by atoms with van der Waals surface area (Å²) in [5.41, 5.74) is 1.65. The van der Waals surface area contributed by atoms with E-state index in [0.29, 0.717) is 5.76 Å². The van der Waals surface area contributed by atoms with Crippen LogP contribution in [0.3, 0.4) is 0 Å². The highest BCUT2D eigenvalue weighted by molar-refractivity contribution is 5.95. The molecule has 1 saturated heterocycles. The number of nitrogens with zero attached hydrogens (tertiary/aromatic N) is 2. The standard InChI is InChI=1S/C18H20N2O3/c21-18(20-9-2-10-22-16-4-1-3-15(16)20)14-7-5-13(6-8-14)17-11-19-12-23-17/h5-8,11-12,15-16H,1-4,9-10H2/t15-,16-/m0/s1. The lowest BCUT2D eigenvalue weighted by molar-refractivity contribution is 0.0297. The Morgan fingerprint density at radius 3 is 2.83 bits per heavy atom. The molecule has 1 aliphatic carbocycles. The fraction of sp³-hybridized carbons (Fsp3) is 0.444. The summed E-state index contributed by atoms with van der Waals surface area (Å²) < 4.78 is 11.2. The lowest BCUT2D eigenvalue weighted by Gasteiger charge is -2.30. The third kappa shape index (κ3) is 2.77. The molecule has 0 unspecified atom stereocenters. The average Bonchev–Trinajstić information content (AvgIpc) is 3.24. The van der Waals surface area contributed by atoms with Gasteiger partial charge in [0.1, 0.15) is 0 Å². The number of oxazole rings is 1. The third-order valence-electron chi connectivity index (χ3n) is 4.80. The van der Waals surface area contributed by atoms with Crippen LogP contribution < -0.4 is 0 Å². The summed E-state index contributed by atoms with van der Waals surface area (Å²) in [7, 11) is 0. The lowest BCUT2D eigenvalue weighted by atomic mass is 10.1. The summed E-state index contributed by atoms with van der Waals surface area (Å²) >= 11 is 0. The summed E-state index contributed by atoms with van der Waals surface area (Å²) in [6.07, 6.45) is 7.47. The smallest absolute Gasteiger partial charge is 0.254 e. The van der Waals surface area contributed by atoms with Crippen molar-refractivity contribution < 1.29 is 13.9 Å². The third-order valence-corrected chi connectivity index (χ3v) is 4.80. The van der Waals surface area contributed by atoms with Crippen molar-refractivity contribution in [2.75, 3.05) is 13.2 Å². The van der Waals surface area contributed by atoms with Gasteiger partial charge >= 0.3 is 0 Å². The molecule has 5 nitrogen and oxygen atoms in total. The molecule has 0 N–H and O–H groups in total. The molecular formula is C18H20N2O3. The molecule has 1 aromatic heterocycles. The lowest BCUT2D eigenvalue weighted by Crippen LogP contribution is -2.43. The van der Waals surface area contributed by atoms with Crippen LogP contribution >= 0.6 is 0 Å². The second-order valence-electron chi connectivity index (χ2n) is 6.20. The predicted octanol–water partition coefficient (Wildman–Crippen LogP) is 3.13. The fourth-order valence-corrected chi connectivity index (χ4v) is 3.65. The number of carbonyl (C=O) groups is 1. The second-order valence-corrected chi connectivity index (χ2v) is 6.20. The van der Waals surface area contributed by atoms with Crippen LogP contribution in [0.25, 0.3) is 11.3 Å². The molecule has 1 aromatic carbocycles. The summed E-state index contributed by atoms with van der Waals surface area (Å²) in [5.74, 6) is 0.819. The molecule has 2 atom stereocenters. The number of benzene rings is 1. The molecule has 0 bridgehead atoms. The molecule has 5 heteroatoms. The van der Waals surface area contributed by atoms with E-state index < -0.39 is 0 Å². The molecule has 4 rings (SSSR count). The SMILES string of the molecule is O=C(c1ccc(-c2cnco2)cc1)N1CCCO[C@H]2CCC[C@@H]21. The minimum Gasteiger partial charge on any atom is -0.444 e. The quantitative estimate of drug-likeness (QED) is 0.855. The van der Waals surface area contributed by atoms with Crippen LogP contribution in [-0.2, 0) is 4.74 Å². The first-order chi connectivity index (χ1) is 11.3. The van der Waals surface area contributed by atoms with E-state index in [1.165, 1.54) is 6.39 Å². The number of carbonyl (C=O) groups excluding carboxylic acids is 1. The van der Waals surface area contributed by atoms with Gasteiger partial charge in [-0.1, -0.05) is 12.1 Å². The Bertz CT molecular complexity index is 666. The number of rotatable bonds is 2. The number of ether oxygens (including phenoxy) is 1. The normalized spacial score (nSPS) is 24.3. The molecule has 0 radical (unpaired) electrons. The Balaban J connectivity index is 1.56. The van der Waals surface area contributed by atoms with Crippen molar-refractivity contribution in [1.82, 2.24) is 9.88 Å². The molecule has 120 valence electrons. The van der Waals surface area contributed by atoms with Crippen molar-refractivity contribution in [3.63, 3.8) is 0 Å². The minimum absolute atomic E-state index is 0.108. The van der Waals surface area contributed by atoms with Crippen LogP contribution in [0.5, 0.6) is 0 Å². The Morgan fingerprint density at radius 2 is 2.04 bits per heavy atom. The average molecular weight is 312 g/mol. The first-order valence-corrected chi connectivity index (χ1v) is 8.24. The summed E-state index contributed by atoms with van der Waals surface area (Å²) in [5, 5.41) is 0. The van der Waals surface area contributed by atoms with Gasteiger partial charge in [0.2, 0.25) is 0 Å². The van der Waals surface area contributed by atoms with Crippen LogP contribution in [0.4, 0.5) is 0 Å². The maximum atomic E-state index is 12.9. The van der Waals surface area contributed by atoms with Gasteiger partial charge in [0, 0.05) is 24.3 Å². The largest absolute Gasteiger partial charge is 0.444 e. The van der Waals surface area contributed by atoms with Crippen LogP contribution in [0.2, 0.25) is 0 Å². The van der Waals surface area contributed by atoms with Gasteiger partial charge in [-0.25, -0.2) is 4.98 Å². The van der Waals surface area contributed by atoms with E-state index >= 15 is 0 Å². The Morgan fingerprint density at radius 1 is 1.17 bits per heavy atom. The summed E-state index contributed by atoms with van der Waals surface area (Å²) in [6.45, 7) is 1.54. The zero-order valence-corrected chi connectivity index (χ0v) is 13.0. The van der Waals surface area contributed by atoms with E-state index in [1.54, 1.807) is 6.20 Å². The van der Waals surface area contributed by atoms with Crippen LogP contribution in [0.15, 0.2) is 41.3 Å². The highest BCUT2D eigenvalue weighted by atomic mass is 16.5. The molecule has 23 heavy (non-hydrogen) atoms. The van der Waals surface area contributed by atoms with Gasteiger partial charge in [0.05, 0.1) is 18.3 Å². The first kappa shape index (κ1) is 14.5. The van der Waals surface area contributed by atoms with Gasteiger partial charge in [-0.3, -0.25) is 4.79 Å².